The molecular weight excluding hydrogens is 300 g/mol. The molecule has 0 amide bonds. The van der Waals surface area contributed by atoms with Gasteiger partial charge in [-0.1, -0.05) is 87.2 Å². The van der Waals surface area contributed by atoms with Crippen LogP contribution in [0.15, 0.2) is 66.7 Å². The van der Waals surface area contributed by atoms with E-state index in [2.05, 4.69) is 73.7 Å². The fourth-order valence-corrected chi connectivity index (χ4v) is 4.01. The number of unbranched alkanes of at least 4 members (excludes halogenated alkanes) is 4. The summed E-state index contributed by atoms with van der Waals surface area (Å²) < 4.78 is 0. The molecule has 25 heavy (non-hydrogen) atoms. The third kappa shape index (κ3) is 3.26. The summed E-state index contributed by atoms with van der Waals surface area (Å²) in [6.45, 7) is 2.28. The monoisotopic (exact) mass is 326 g/mol. The Balaban J connectivity index is 1.79. The normalized spacial score (nSPS) is 11.6. The minimum Gasteiger partial charge on any atom is -0.0654 e. The molecule has 0 heterocycles. The van der Waals surface area contributed by atoms with Gasteiger partial charge in [0.2, 0.25) is 0 Å². The lowest BCUT2D eigenvalue weighted by Crippen LogP contribution is -1.90. The van der Waals surface area contributed by atoms with Crippen LogP contribution in [0.3, 0.4) is 0 Å². The molecule has 4 aromatic rings. The van der Waals surface area contributed by atoms with Gasteiger partial charge in [-0.05, 0) is 62.9 Å². The predicted octanol–water partition coefficient (Wildman–Crippen LogP) is 7.66. The fraction of sp³-hybridized carbons (Fsp3) is 0.280. The Morgan fingerprint density at radius 1 is 0.600 bits per heavy atom. The van der Waals surface area contributed by atoms with Crippen LogP contribution in [0.25, 0.3) is 32.3 Å². The highest BCUT2D eigenvalue weighted by molar-refractivity contribution is 6.13. The molecule has 0 bridgehead atoms. The lowest BCUT2D eigenvalue weighted by Gasteiger charge is -2.11. The molecule has 0 saturated carbocycles. The van der Waals surface area contributed by atoms with Crippen molar-refractivity contribution >= 4 is 32.3 Å². The zero-order valence-electron chi connectivity index (χ0n) is 15.1. The highest BCUT2D eigenvalue weighted by Gasteiger charge is 2.07. The van der Waals surface area contributed by atoms with Crippen LogP contribution in [0, 0.1) is 0 Å². The molecule has 0 atom stereocenters. The maximum atomic E-state index is 2.38. The third-order valence-corrected chi connectivity index (χ3v) is 5.36. The number of fused-ring (bicyclic) bond motifs is 4. The van der Waals surface area contributed by atoms with Crippen molar-refractivity contribution in [3.8, 4) is 0 Å². The Labute approximate surface area is 150 Å². The molecule has 0 aliphatic carbocycles. The molecule has 0 aliphatic rings. The molecule has 0 fully saturated rings. The molecule has 126 valence electrons. The molecule has 4 rings (SSSR count). The van der Waals surface area contributed by atoms with Gasteiger partial charge < -0.3 is 0 Å². The van der Waals surface area contributed by atoms with Gasteiger partial charge in [0.15, 0.2) is 0 Å². The molecule has 0 radical (unpaired) electrons. The third-order valence-electron chi connectivity index (χ3n) is 5.36. The van der Waals surface area contributed by atoms with E-state index >= 15 is 0 Å². The summed E-state index contributed by atoms with van der Waals surface area (Å²) in [5.74, 6) is 0. The van der Waals surface area contributed by atoms with E-state index in [0.29, 0.717) is 0 Å². The standard InChI is InChI=1S/C25H26/c1-2-3-4-5-6-10-19-13-9-14-20-15-16-23-17-21-11-7-8-12-22(21)18-24(23)25(19)20/h7-9,11-18H,2-6,10H2,1H3. The van der Waals surface area contributed by atoms with Crippen LogP contribution in [0.4, 0.5) is 0 Å². The topological polar surface area (TPSA) is 0 Å². The molecule has 4 aromatic carbocycles. The summed E-state index contributed by atoms with van der Waals surface area (Å²) in [4.78, 5) is 0. The Morgan fingerprint density at radius 2 is 1.32 bits per heavy atom. The SMILES string of the molecule is CCCCCCCc1cccc2ccc3cc4ccccc4cc3c12. The molecular formula is C25H26. The molecule has 0 aliphatic heterocycles. The van der Waals surface area contributed by atoms with Crippen molar-refractivity contribution in [2.75, 3.05) is 0 Å². The van der Waals surface area contributed by atoms with Crippen molar-refractivity contribution in [3.05, 3.63) is 72.3 Å². The molecule has 0 unspecified atom stereocenters. The van der Waals surface area contributed by atoms with Crippen molar-refractivity contribution in [2.24, 2.45) is 0 Å². The van der Waals surface area contributed by atoms with Crippen molar-refractivity contribution in [1.82, 2.24) is 0 Å². The minimum atomic E-state index is 1.19. The Bertz CT molecular complexity index is 1010. The van der Waals surface area contributed by atoms with Crippen LogP contribution < -0.4 is 0 Å². The van der Waals surface area contributed by atoms with Crippen molar-refractivity contribution < 1.29 is 0 Å². The van der Waals surface area contributed by atoms with E-state index in [1.54, 1.807) is 0 Å². The van der Waals surface area contributed by atoms with Crippen LogP contribution in [0.1, 0.15) is 44.6 Å². The minimum absolute atomic E-state index is 1.19. The summed E-state index contributed by atoms with van der Waals surface area (Å²) in [7, 11) is 0. The Hall–Kier alpha value is -2.34. The molecule has 0 N–H and O–H groups in total. The number of hydrogen-bond donors (Lipinski definition) is 0. The second-order valence-corrected chi connectivity index (χ2v) is 7.17. The first-order valence-corrected chi connectivity index (χ1v) is 9.70. The number of aryl methyl sites for hydroxylation is 1. The van der Waals surface area contributed by atoms with Crippen LogP contribution >= 0.6 is 0 Å². The lowest BCUT2D eigenvalue weighted by atomic mass is 9.93. The van der Waals surface area contributed by atoms with E-state index in [1.165, 1.54) is 76.4 Å². The number of benzene rings is 4. The highest BCUT2D eigenvalue weighted by Crippen LogP contribution is 2.32. The number of rotatable bonds is 6. The lowest BCUT2D eigenvalue weighted by molar-refractivity contribution is 0.633. The summed E-state index contributed by atoms with van der Waals surface area (Å²) in [6.07, 6.45) is 7.87. The van der Waals surface area contributed by atoms with Gasteiger partial charge in [-0.15, -0.1) is 0 Å². The van der Waals surface area contributed by atoms with Crippen LogP contribution in [-0.2, 0) is 6.42 Å². The molecule has 0 nitrogen and oxygen atoms in total. The van der Waals surface area contributed by atoms with Crippen molar-refractivity contribution in [3.63, 3.8) is 0 Å². The zero-order chi connectivity index (χ0) is 17.1. The largest absolute Gasteiger partial charge is 0.0654 e. The van der Waals surface area contributed by atoms with Crippen molar-refractivity contribution in [1.29, 1.82) is 0 Å². The van der Waals surface area contributed by atoms with Crippen LogP contribution in [0.5, 0.6) is 0 Å². The average Bonchev–Trinajstić information content (AvgIpc) is 2.66. The van der Waals surface area contributed by atoms with Gasteiger partial charge in [-0.2, -0.15) is 0 Å². The van der Waals surface area contributed by atoms with E-state index < -0.39 is 0 Å². The zero-order valence-corrected chi connectivity index (χ0v) is 15.1. The van der Waals surface area contributed by atoms with Gasteiger partial charge >= 0.3 is 0 Å². The Kier molecular flexibility index (Phi) is 4.70. The smallest absolute Gasteiger partial charge is 0.00731 e. The maximum absolute atomic E-state index is 2.38. The second kappa shape index (κ2) is 7.27. The van der Waals surface area contributed by atoms with E-state index in [0.717, 1.165) is 0 Å². The average molecular weight is 326 g/mol. The number of hydrogen-bond acceptors (Lipinski definition) is 0. The van der Waals surface area contributed by atoms with E-state index in [1.807, 2.05) is 0 Å². The van der Waals surface area contributed by atoms with E-state index in [9.17, 15) is 0 Å². The molecule has 0 saturated heterocycles. The first kappa shape index (κ1) is 16.1. The highest BCUT2D eigenvalue weighted by atomic mass is 14.1. The van der Waals surface area contributed by atoms with Gasteiger partial charge in [-0.25, -0.2) is 0 Å². The molecule has 0 spiro atoms. The predicted molar refractivity (Wildman–Crippen MR) is 111 cm³/mol. The van der Waals surface area contributed by atoms with Crippen molar-refractivity contribution in [2.45, 2.75) is 45.4 Å². The van der Waals surface area contributed by atoms with E-state index in [-0.39, 0.29) is 0 Å². The van der Waals surface area contributed by atoms with E-state index in [4.69, 9.17) is 0 Å². The maximum Gasteiger partial charge on any atom is -0.00731 e. The first-order chi connectivity index (χ1) is 12.4. The summed E-state index contributed by atoms with van der Waals surface area (Å²) in [5.41, 5.74) is 1.51. The second-order valence-electron chi connectivity index (χ2n) is 7.17. The first-order valence-electron chi connectivity index (χ1n) is 9.70. The molecule has 0 aromatic heterocycles. The summed E-state index contributed by atoms with van der Waals surface area (Å²) >= 11 is 0. The van der Waals surface area contributed by atoms with Gasteiger partial charge in [0.25, 0.3) is 0 Å². The van der Waals surface area contributed by atoms with Gasteiger partial charge in [0.1, 0.15) is 0 Å². The molecule has 0 heteroatoms. The summed E-state index contributed by atoms with van der Waals surface area (Å²) in [5, 5.41) is 8.24. The fourth-order valence-electron chi connectivity index (χ4n) is 4.01. The summed E-state index contributed by atoms with van der Waals surface area (Å²) in [6, 6.07) is 24.8. The quantitative estimate of drug-likeness (QED) is 0.194. The van der Waals surface area contributed by atoms with Gasteiger partial charge in [0.05, 0.1) is 0 Å². The van der Waals surface area contributed by atoms with Crippen LogP contribution in [0.2, 0.25) is 0 Å². The van der Waals surface area contributed by atoms with Crippen LogP contribution in [-0.4, -0.2) is 0 Å². The van der Waals surface area contributed by atoms with Gasteiger partial charge in [-0.3, -0.25) is 0 Å². The Morgan fingerprint density at radius 3 is 2.16 bits per heavy atom. The van der Waals surface area contributed by atoms with Gasteiger partial charge in [0, 0.05) is 0 Å².